The van der Waals surface area contributed by atoms with Crippen molar-refractivity contribution in [1.82, 2.24) is 0 Å². The fraction of sp³-hybridized carbons (Fsp3) is 0.120. The van der Waals surface area contributed by atoms with Crippen molar-refractivity contribution < 1.29 is 19.2 Å². The van der Waals surface area contributed by atoms with Crippen LogP contribution < -0.4 is 14.8 Å². The van der Waals surface area contributed by atoms with E-state index in [1.54, 1.807) is 36.4 Å². The Balaban J connectivity index is 1.80. The molecule has 0 aliphatic carbocycles. The van der Waals surface area contributed by atoms with Gasteiger partial charge >= 0.3 is 0 Å². The van der Waals surface area contributed by atoms with E-state index in [-0.39, 0.29) is 28.6 Å². The molecule has 0 bridgehead atoms. The molecule has 0 atom stereocenters. The number of hydrogen-bond acceptors (Lipinski definition) is 6. The highest BCUT2D eigenvalue weighted by Gasteiger charge is 2.16. The second-order valence-electron chi connectivity index (χ2n) is 7.21. The van der Waals surface area contributed by atoms with Crippen LogP contribution in [-0.4, -0.2) is 17.4 Å². The van der Waals surface area contributed by atoms with Crippen molar-refractivity contribution in [3.63, 3.8) is 0 Å². The summed E-state index contributed by atoms with van der Waals surface area (Å²) in [7, 11) is 0. The van der Waals surface area contributed by atoms with E-state index < -0.39 is 10.8 Å². The van der Waals surface area contributed by atoms with Gasteiger partial charge in [0.25, 0.3) is 11.6 Å². The van der Waals surface area contributed by atoms with Crippen LogP contribution in [0.2, 0.25) is 15.1 Å². The SMILES string of the molecule is CCOc1cc(/C=C(\C#N)C(=O)Nc2ccc(Cl)c([N+](=O)[O-])c2)ccc1OCc1ccc(Cl)cc1Cl. The van der Waals surface area contributed by atoms with Crippen molar-refractivity contribution in [2.75, 3.05) is 11.9 Å². The maximum absolute atomic E-state index is 12.6. The largest absolute Gasteiger partial charge is 0.490 e. The van der Waals surface area contributed by atoms with Gasteiger partial charge in [-0.3, -0.25) is 14.9 Å². The van der Waals surface area contributed by atoms with Crippen LogP contribution in [-0.2, 0) is 11.4 Å². The zero-order valence-corrected chi connectivity index (χ0v) is 21.0. The van der Waals surface area contributed by atoms with E-state index in [0.717, 1.165) is 11.6 Å². The summed E-state index contributed by atoms with van der Waals surface area (Å²) in [6.07, 6.45) is 1.36. The number of amides is 1. The fourth-order valence-electron chi connectivity index (χ4n) is 3.04. The van der Waals surface area contributed by atoms with E-state index in [4.69, 9.17) is 44.3 Å². The molecule has 0 aliphatic rings. The maximum Gasteiger partial charge on any atom is 0.289 e. The molecule has 184 valence electrons. The number of nitro groups is 1. The number of halogens is 3. The van der Waals surface area contributed by atoms with E-state index in [0.29, 0.717) is 33.7 Å². The third-order valence-electron chi connectivity index (χ3n) is 4.74. The fourth-order valence-corrected chi connectivity index (χ4v) is 3.69. The van der Waals surface area contributed by atoms with Crippen LogP contribution in [0.4, 0.5) is 11.4 Å². The monoisotopic (exact) mass is 545 g/mol. The molecule has 1 amide bonds. The molecule has 0 fully saturated rings. The topological polar surface area (TPSA) is 114 Å². The van der Waals surface area contributed by atoms with Crippen LogP contribution in [0.15, 0.2) is 60.2 Å². The number of nitro benzene ring substituents is 1. The molecule has 0 radical (unpaired) electrons. The predicted molar refractivity (Wildman–Crippen MR) is 139 cm³/mol. The lowest BCUT2D eigenvalue weighted by atomic mass is 10.1. The van der Waals surface area contributed by atoms with Gasteiger partial charge in [-0.25, -0.2) is 0 Å². The molecule has 8 nitrogen and oxygen atoms in total. The van der Waals surface area contributed by atoms with Crippen LogP contribution in [0.5, 0.6) is 11.5 Å². The first-order valence-electron chi connectivity index (χ1n) is 10.4. The molecule has 0 saturated carbocycles. The average Bonchev–Trinajstić information content (AvgIpc) is 2.84. The molecule has 0 saturated heterocycles. The van der Waals surface area contributed by atoms with Gasteiger partial charge in [0.15, 0.2) is 11.5 Å². The van der Waals surface area contributed by atoms with Gasteiger partial charge in [0, 0.05) is 27.4 Å². The highest BCUT2D eigenvalue weighted by atomic mass is 35.5. The number of nitriles is 1. The van der Waals surface area contributed by atoms with Gasteiger partial charge in [-0.2, -0.15) is 5.26 Å². The Kier molecular flexibility index (Phi) is 9.14. The van der Waals surface area contributed by atoms with Gasteiger partial charge in [-0.15, -0.1) is 0 Å². The average molecular weight is 547 g/mol. The van der Waals surface area contributed by atoms with Crippen LogP contribution in [0.3, 0.4) is 0 Å². The van der Waals surface area contributed by atoms with Crippen LogP contribution in [0.25, 0.3) is 6.08 Å². The summed E-state index contributed by atoms with van der Waals surface area (Å²) < 4.78 is 11.5. The van der Waals surface area contributed by atoms with Crippen molar-refractivity contribution in [1.29, 1.82) is 5.26 Å². The van der Waals surface area contributed by atoms with Crippen molar-refractivity contribution >= 4 is 58.2 Å². The Morgan fingerprint density at radius 1 is 1.06 bits per heavy atom. The number of rotatable bonds is 9. The van der Waals surface area contributed by atoms with Crippen molar-refractivity contribution in [2.24, 2.45) is 0 Å². The maximum atomic E-state index is 12.6. The zero-order chi connectivity index (χ0) is 26.2. The lowest BCUT2D eigenvalue weighted by Gasteiger charge is -2.13. The summed E-state index contributed by atoms with van der Waals surface area (Å²) in [5.41, 5.74) is 0.768. The Hall–Kier alpha value is -3.77. The summed E-state index contributed by atoms with van der Waals surface area (Å²) in [5, 5.41) is 24.0. The Morgan fingerprint density at radius 2 is 1.83 bits per heavy atom. The first-order chi connectivity index (χ1) is 17.2. The highest BCUT2D eigenvalue weighted by molar-refractivity contribution is 6.35. The van der Waals surface area contributed by atoms with E-state index in [1.807, 2.05) is 13.0 Å². The third kappa shape index (κ3) is 6.89. The molecular formula is C25H18Cl3N3O5. The minimum Gasteiger partial charge on any atom is -0.490 e. The zero-order valence-electron chi connectivity index (χ0n) is 18.8. The lowest BCUT2D eigenvalue weighted by molar-refractivity contribution is -0.384. The quantitative estimate of drug-likeness (QED) is 0.133. The number of carbonyl (C=O) groups excluding carboxylic acids is 1. The Bertz CT molecular complexity index is 1390. The molecule has 0 unspecified atom stereocenters. The molecule has 0 heterocycles. The lowest BCUT2D eigenvalue weighted by Crippen LogP contribution is -2.13. The van der Waals surface area contributed by atoms with Gasteiger partial charge in [0.2, 0.25) is 0 Å². The van der Waals surface area contributed by atoms with Gasteiger partial charge in [0.05, 0.1) is 11.5 Å². The van der Waals surface area contributed by atoms with E-state index in [9.17, 15) is 20.2 Å². The summed E-state index contributed by atoms with van der Waals surface area (Å²) in [4.78, 5) is 23.0. The number of carbonyl (C=O) groups is 1. The van der Waals surface area contributed by atoms with E-state index >= 15 is 0 Å². The number of ether oxygens (including phenoxy) is 2. The standard InChI is InChI=1S/C25H18Cl3N3O5/c1-2-35-24-10-15(3-8-23(24)36-14-16-4-5-18(26)11-21(16)28)9-17(13-29)25(32)30-19-6-7-20(27)22(12-19)31(33)34/h3-12H,2,14H2,1H3,(H,30,32)/b17-9+. The molecule has 3 aromatic rings. The number of benzene rings is 3. The molecule has 0 spiro atoms. The second kappa shape index (κ2) is 12.3. The number of nitrogens with zero attached hydrogens (tertiary/aromatic N) is 2. The van der Waals surface area contributed by atoms with Gasteiger partial charge in [-0.05, 0) is 55.0 Å². The molecule has 3 aromatic carbocycles. The molecule has 3 rings (SSSR count). The summed E-state index contributed by atoms with van der Waals surface area (Å²) in [6.45, 7) is 2.33. The minimum atomic E-state index is -0.746. The third-order valence-corrected chi connectivity index (χ3v) is 5.65. The molecule has 36 heavy (non-hydrogen) atoms. The van der Waals surface area contributed by atoms with Crippen molar-refractivity contribution in [3.8, 4) is 17.6 Å². The van der Waals surface area contributed by atoms with Gasteiger partial charge in [-0.1, -0.05) is 46.9 Å². The Morgan fingerprint density at radius 3 is 2.50 bits per heavy atom. The molecular weight excluding hydrogens is 529 g/mol. The first kappa shape index (κ1) is 26.8. The van der Waals surface area contributed by atoms with Crippen molar-refractivity contribution in [2.45, 2.75) is 13.5 Å². The van der Waals surface area contributed by atoms with Crippen LogP contribution in [0.1, 0.15) is 18.1 Å². The number of anilines is 1. The smallest absolute Gasteiger partial charge is 0.289 e. The van der Waals surface area contributed by atoms with E-state index in [1.165, 1.54) is 18.2 Å². The van der Waals surface area contributed by atoms with Gasteiger partial charge in [0.1, 0.15) is 23.3 Å². The molecule has 0 aliphatic heterocycles. The van der Waals surface area contributed by atoms with Crippen molar-refractivity contribution in [3.05, 3.63) is 96.5 Å². The van der Waals surface area contributed by atoms with Gasteiger partial charge < -0.3 is 14.8 Å². The number of nitrogens with one attached hydrogen (secondary N) is 1. The predicted octanol–water partition coefficient (Wildman–Crippen LogP) is 7.08. The van der Waals surface area contributed by atoms with Crippen LogP contribution >= 0.6 is 34.8 Å². The van der Waals surface area contributed by atoms with Crippen LogP contribution in [0, 0.1) is 21.4 Å². The summed E-state index contributed by atoms with van der Waals surface area (Å²) in [5.74, 6) is 0.101. The normalized spacial score (nSPS) is 10.9. The summed E-state index contributed by atoms with van der Waals surface area (Å²) >= 11 is 17.9. The highest BCUT2D eigenvalue weighted by Crippen LogP contribution is 2.32. The second-order valence-corrected chi connectivity index (χ2v) is 8.46. The van der Waals surface area contributed by atoms with E-state index in [2.05, 4.69) is 5.32 Å². The molecule has 1 N–H and O–H groups in total. The Labute approximate surface area is 221 Å². The summed E-state index contributed by atoms with van der Waals surface area (Å²) in [6, 6.07) is 15.6. The minimum absolute atomic E-state index is 0.0712. The molecule has 11 heteroatoms. The molecule has 0 aromatic heterocycles. The number of hydrogen-bond donors (Lipinski definition) is 1. The first-order valence-corrected chi connectivity index (χ1v) is 11.6.